The molecule has 0 bridgehead atoms. The Labute approximate surface area is 195 Å². The number of fused-ring (bicyclic) bond motifs is 1. The summed E-state index contributed by atoms with van der Waals surface area (Å²) in [4.78, 5) is 14.4. The Bertz CT molecular complexity index is 1130. The Hall–Kier alpha value is -2.66. The fourth-order valence-corrected chi connectivity index (χ4v) is 3.43. The fourth-order valence-electron chi connectivity index (χ4n) is 3.43. The van der Waals surface area contributed by atoms with Gasteiger partial charge in [-0.05, 0) is 25.0 Å². The summed E-state index contributed by atoms with van der Waals surface area (Å²) < 4.78 is 42.3. The van der Waals surface area contributed by atoms with Crippen LogP contribution in [-0.4, -0.2) is 54.8 Å². The van der Waals surface area contributed by atoms with Crippen molar-refractivity contribution in [2.45, 2.75) is 45.0 Å². The number of nitrogens with two attached hydrogens (primary N) is 1. The molecule has 15 heteroatoms. The third-order valence-corrected chi connectivity index (χ3v) is 5.19. The lowest BCUT2D eigenvalue weighted by Gasteiger charge is -2.17. The first kappa shape index (κ1) is 26.0. The van der Waals surface area contributed by atoms with Gasteiger partial charge in [0.05, 0.1) is 6.61 Å². The summed E-state index contributed by atoms with van der Waals surface area (Å²) in [6.45, 7) is 3.92. The van der Waals surface area contributed by atoms with E-state index in [4.69, 9.17) is 33.9 Å². The minimum atomic E-state index is -4.94. The largest absolute Gasteiger partial charge is 0.394 e. The van der Waals surface area contributed by atoms with Crippen molar-refractivity contribution in [1.82, 2.24) is 14.5 Å². The Balaban J connectivity index is 0.000000588. The predicted molar refractivity (Wildman–Crippen MR) is 101 cm³/mol. The lowest BCUT2D eigenvalue weighted by molar-refractivity contribution is -2.00. The van der Waals surface area contributed by atoms with Crippen LogP contribution in [0.1, 0.15) is 22.9 Å². The van der Waals surface area contributed by atoms with Gasteiger partial charge in [0.1, 0.15) is 24.6 Å². The minimum Gasteiger partial charge on any atom is -0.394 e. The number of rotatable bonds is 5. The Kier molecular flexibility index (Phi) is 7.87. The zero-order valence-corrected chi connectivity index (χ0v) is 18.9. The van der Waals surface area contributed by atoms with Crippen molar-refractivity contribution in [2.75, 3.05) is 12.3 Å². The highest BCUT2D eigenvalue weighted by Crippen LogP contribution is 2.31. The number of aryl methyl sites for hydroxylation is 2. The van der Waals surface area contributed by atoms with E-state index in [9.17, 15) is 15.3 Å². The van der Waals surface area contributed by atoms with Crippen molar-refractivity contribution in [2.24, 2.45) is 0 Å². The molecule has 4 rings (SSSR count). The highest BCUT2D eigenvalue weighted by atomic mass is 35.7. The molecule has 0 aliphatic carbocycles. The van der Waals surface area contributed by atoms with Crippen molar-refractivity contribution in [1.29, 1.82) is 0 Å². The Morgan fingerprint density at radius 3 is 2.47 bits per heavy atom. The molecule has 0 unspecified atom stereocenters. The second-order valence-electron chi connectivity index (χ2n) is 7.59. The van der Waals surface area contributed by atoms with Crippen LogP contribution < -0.4 is 33.9 Å². The van der Waals surface area contributed by atoms with E-state index in [1.54, 1.807) is 0 Å². The van der Waals surface area contributed by atoms with Gasteiger partial charge in [0.25, 0.3) is 12.1 Å². The van der Waals surface area contributed by atoms with Gasteiger partial charge in [-0.2, -0.15) is 0 Å². The number of hydrogen-bond acceptors (Lipinski definition) is 12. The number of hydrogen-bond donors (Lipinski definition) is 4. The first-order valence-electron chi connectivity index (χ1n) is 9.87. The number of nitrogens with zero attached hydrogens (tertiary/aromatic N) is 4. The molecular formula is C19H24ClN5O9. The van der Waals surface area contributed by atoms with Gasteiger partial charge in [-0.15, -0.1) is 10.2 Å². The molecule has 1 fully saturated rings. The van der Waals surface area contributed by atoms with Crippen molar-refractivity contribution in [3.63, 3.8) is 0 Å². The highest BCUT2D eigenvalue weighted by Gasteiger charge is 2.44. The number of aliphatic hydroxyl groups is 3. The molecule has 2 aromatic heterocycles. The van der Waals surface area contributed by atoms with E-state index in [1.807, 2.05) is 26.0 Å². The lowest BCUT2D eigenvalue weighted by atomic mass is 10.1. The van der Waals surface area contributed by atoms with Gasteiger partial charge >= 0.3 is 0 Å². The average molecular weight is 502 g/mol. The van der Waals surface area contributed by atoms with E-state index >= 15 is 0 Å². The monoisotopic (exact) mass is 501 g/mol. The standard InChI is InChI=1S/C19H23N5O5.ClHO4/c1-10-3-4-11(2)12(5-10)7-28-24-9-22-18-14(17(24)20)21-8-23(18)19-16(27)15(26)13(6-25)29-19;2-1(3,4)5/h3-5,8-9,13,15-16,19-20,25-27H,6-7H2,1-2H3;(H,2,3,4,5)/t13-,15-,16-,19-;/m1./s1. The molecule has 0 spiro atoms. The van der Waals surface area contributed by atoms with Gasteiger partial charge in [-0.1, -0.05) is 33.5 Å². The van der Waals surface area contributed by atoms with Crippen molar-refractivity contribution in [3.8, 4) is 0 Å². The molecule has 1 aliphatic heterocycles. The molecule has 0 amide bonds. The first-order chi connectivity index (χ1) is 15.9. The number of imidazole rings is 1. The van der Waals surface area contributed by atoms with Crippen molar-refractivity contribution in [3.05, 3.63) is 47.5 Å². The lowest BCUT2D eigenvalue weighted by Crippen LogP contribution is -2.68. The maximum absolute atomic E-state index is 10.2. The quantitative estimate of drug-likeness (QED) is 0.239. The normalized spacial score (nSPS) is 22.5. The number of benzene rings is 1. The molecule has 5 N–H and O–H groups in total. The molecule has 3 heterocycles. The van der Waals surface area contributed by atoms with Crippen LogP contribution in [-0.2, 0) is 11.3 Å². The van der Waals surface area contributed by atoms with Crippen LogP contribution in [0.3, 0.4) is 0 Å². The average Bonchev–Trinajstić information content (AvgIpc) is 3.30. The number of halogens is 1. The number of anilines is 1. The van der Waals surface area contributed by atoms with Gasteiger partial charge in [0.2, 0.25) is 11.2 Å². The van der Waals surface area contributed by atoms with Gasteiger partial charge in [0, 0.05) is 0 Å². The second-order valence-corrected chi connectivity index (χ2v) is 8.35. The van der Waals surface area contributed by atoms with E-state index in [-0.39, 0.29) is 5.82 Å². The number of ether oxygens (including phenoxy) is 1. The molecule has 1 aromatic carbocycles. The van der Waals surface area contributed by atoms with Gasteiger partial charge in [-0.3, -0.25) is 4.57 Å². The van der Waals surface area contributed by atoms with Gasteiger partial charge in [0.15, 0.2) is 12.8 Å². The van der Waals surface area contributed by atoms with Crippen LogP contribution in [0.15, 0.2) is 30.9 Å². The van der Waals surface area contributed by atoms with E-state index in [0.29, 0.717) is 17.8 Å². The summed E-state index contributed by atoms with van der Waals surface area (Å²) >= 11 is 0. The number of nitrogen functional groups attached to an aromatic ring is 1. The second kappa shape index (κ2) is 10.3. The van der Waals surface area contributed by atoms with Crippen molar-refractivity contribution < 1.29 is 58.5 Å². The highest BCUT2D eigenvalue weighted by molar-refractivity contribution is 5.79. The molecule has 0 saturated carbocycles. The van der Waals surface area contributed by atoms with Crippen LogP contribution >= 0.6 is 0 Å². The van der Waals surface area contributed by atoms with E-state index < -0.39 is 41.4 Å². The van der Waals surface area contributed by atoms with Gasteiger partial charge < -0.3 is 30.6 Å². The SMILES string of the molecule is Cc1ccc(C)c(CO[n+]2cnc3c(ncn3[C@@H]3O[C@H](CO)[C@@H](O)[C@H]3O)c2N)c1.[O-][Cl+3]([O-])([O-])[O-]. The zero-order chi connectivity index (χ0) is 25.2. The van der Waals surface area contributed by atoms with Crippen LogP contribution in [0.2, 0.25) is 0 Å². The molecule has 34 heavy (non-hydrogen) atoms. The maximum atomic E-state index is 10.2. The topological polar surface area (TPSA) is 232 Å². The summed E-state index contributed by atoms with van der Waals surface area (Å²) in [6.07, 6.45) is -1.44. The molecule has 4 atom stereocenters. The molecule has 186 valence electrons. The van der Waals surface area contributed by atoms with Crippen LogP contribution in [0.4, 0.5) is 5.82 Å². The molecule has 1 aliphatic rings. The van der Waals surface area contributed by atoms with Crippen LogP contribution in [0.25, 0.3) is 11.2 Å². The van der Waals surface area contributed by atoms with Gasteiger partial charge in [-0.25, -0.2) is 23.6 Å². The van der Waals surface area contributed by atoms with Crippen molar-refractivity contribution >= 4 is 17.0 Å². The molecule has 14 nitrogen and oxygen atoms in total. The zero-order valence-electron chi connectivity index (χ0n) is 18.1. The predicted octanol–water partition coefficient (Wildman–Crippen LogP) is -5.60. The number of aliphatic hydroxyl groups excluding tert-OH is 3. The van der Waals surface area contributed by atoms with Crippen LogP contribution in [0, 0.1) is 24.1 Å². The maximum Gasteiger partial charge on any atom is 0.289 e. The van der Waals surface area contributed by atoms with E-state index in [0.717, 1.165) is 16.7 Å². The summed E-state index contributed by atoms with van der Waals surface area (Å²) in [5.74, 6) is 0.241. The third kappa shape index (κ3) is 5.87. The smallest absolute Gasteiger partial charge is 0.289 e. The fraction of sp³-hybridized carbons (Fsp3) is 0.421. The summed E-state index contributed by atoms with van der Waals surface area (Å²) in [5, 5.41) is 29.5. The molecule has 1 saturated heterocycles. The first-order valence-corrected chi connectivity index (χ1v) is 11.1. The minimum absolute atomic E-state index is 0.241. The molecular weight excluding hydrogens is 478 g/mol. The van der Waals surface area contributed by atoms with Crippen LogP contribution in [0.5, 0.6) is 0 Å². The molecule has 0 radical (unpaired) electrons. The Morgan fingerprint density at radius 2 is 1.85 bits per heavy atom. The summed E-state index contributed by atoms with van der Waals surface area (Å²) in [5.41, 5.74) is 10.2. The van der Waals surface area contributed by atoms with E-state index in [1.165, 1.54) is 22.0 Å². The van der Waals surface area contributed by atoms with E-state index in [2.05, 4.69) is 16.0 Å². The summed E-state index contributed by atoms with van der Waals surface area (Å²) in [7, 11) is -4.94. The third-order valence-electron chi connectivity index (χ3n) is 5.19. The summed E-state index contributed by atoms with van der Waals surface area (Å²) in [6, 6.07) is 6.12. The molecule has 3 aromatic rings. The number of aromatic nitrogens is 4. The Morgan fingerprint density at radius 1 is 1.18 bits per heavy atom.